The Morgan fingerprint density at radius 1 is 0.386 bits per heavy atom. The van der Waals surface area contributed by atoms with Crippen LogP contribution in [-0.4, -0.2) is 53.4 Å². The molecule has 0 aliphatic carbocycles. The fourth-order valence-corrected chi connectivity index (χ4v) is 8.39. The van der Waals surface area contributed by atoms with Crippen LogP contribution in [0.25, 0.3) is 0 Å². The molecular formula is C47H40O8S2. The first-order valence-electron chi connectivity index (χ1n) is 18.3. The van der Waals surface area contributed by atoms with Gasteiger partial charge in [-0.2, -0.15) is 0 Å². The molecule has 8 nitrogen and oxygen atoms in total. The van der Waals surface area contributed by atoms with E-state index in [1.54, 1.807) is 121 Å². The zero-order valence-corrected chi connectivity index (χ0v) is 32.5. The van der Waals surface area contributed by atoms with Crippen molar-refractivity contribution in [1.29, 1.82) is 0 Å². The summed E-state index contributed by atoms with van der Waals surface area (Å²) in [5.74, 6) is -1.86. The predicted octanol–water partition coefficient (Wildman–Crippen LogP) is 9.71. The molecule has 0 radical (unpaired) electrons. The van der Waals surface area contributed by atoms with Gasteiger partial charge in [-0.3, -0.25) is 0 Å². The molecular weight excluding hydrogens is 757 g/mol. The summed E-state index contributed by atoms with van der Waals surface area (Å²) in [6.07, 6.45) is -4.17. The molecule has 0 saturated carbocycles. The van der Waals surface area contributed by atoms with Crippen molar-refractivity contribution in [2.24, 2.45) is 0 Å². The Bertz CT molecular complexity index is 2110. The van der Waals surface area contributed by atoms with E-state index in [0.717, 1.165) is 11.1 Å². The average Bonchev–Trinajstić information content (AvgIpc) is 3.28. The second-order valence-electron chi connectivity index (χ2n) is 12.7. The maximum atomic E-state index is 14.1. The Labute approximate surface area is 340 Å². The normalized spacial score (nSPS) is 12.4. The smallest absolute Gasteiger partial charge is 0.338 e. The minimum atomic E-state index is -1.47. The van der Waals surface area contributed by atoms with E-state index in [4.69, 9.17) is 18.9 Å². The molecule has 6 rings (SSSR count). The van der Waals surface area contributed by atoms with Crippen LogP contribution in [0.1, 0.15) is 52.6 Å². The lowest BCUT2D eigenvalue weighted by atomic mass is 10.1. The maximum Gasteiger partial charge on any atom is 0.338 e. The highest BCUT2D eigenvalue weighted by molar-refractivity contribution is 8.16. The molecule has 10 heteroatoms. The van der Waals surface area contributed by atoms with Crippen molar-refractivity contribution >= 4 is 47.4 Å². The highest BCUT2D eigenvalue weighted by Crippen LogP contribution is 2.37. The zero-order valence-electron chi connectivity index (χ0n) is 30.8. The largest absolute Gasteiger partial charge is 0.458 e. The molecule has 0 aliphatic heterocycles. The summed E-state index contributed by atoms with van der Waals surface area (Å²) < 4.78 is 24.1. The molecule has 57 heavy (non-hydrogen) atoms. The van der Waals surface area contributed by atoms with Crippen LogP contribution in [0.4, 0.5) is 0 Å². The van der Waals surface area contributed by atoms with Crippen molar-refractivity contribution in [1.82, 2.24) is 0 Å². The minimum absolute atomic E-state index is 0.218. The fraction of sp³-hybridized carbons (Fsp3) is 0.149. The first-order chi connectivity index (χ1) is 27.9. The third-order valence-corrected chi connectivity index (χ3v) is 11.6. The summed E-state index contributed by atoms with van der Waals surface area (Å²) in [5.41, 5.74) is 3.01. The second kappa shape index (κ2) is 21.3. The van der Waals surface area contributed by atoms with Crippen molar-refractivity contribution in [3.05, 3.63) is 215 Å². The minimum Gasteiger partial charge on any atom is -0.458 e. The molecule has 0 N–H and O–H groups in total. The van der Waals surface area contributed by atoms with Crippen LogP contribution in [0.5, 0.6) is 0 Å². The van der Waals surface area contributed by atoms with Gasteiger partial charge >= 0.3 is 23.9 Å². The number of carbonyl (C=O) groups excluding carboxylic acids is 4. The van der Waals surface area contributed by atoms with Crippen molar-refractivity contribution in [2.45, 2.75) is 34.4 Å². The first-order valence-corrected chi connectivity index (χ1v) is 20.4. The standard InChI is InChI=1S/C47H40O8S2/c48-43(36-23-11-3-12-24-36)52-31-40(53-44(49)37-25-13-4-14-26-37)41(54-45(50)38-27-15-5-16-28-38)42(55-46(51)39-29-17-6-18-30-39)47(56-32-34-19-7-1-8-20-34)57-33-35-21-9-2-10-22-35/h1-30,40-42,47H,31-33H2/t40-,41+,42+/m1/s1. The van der Waals surface area contributed by atoms with Crippen molar-refractivity contribution in [3.63, 3.8) is 0 Å². The molecule has 3 atom stereocenters. The van der Waals surface area contributed by atoms with Gasteiger partial charge in [-0.1, -0.05) is 133 Å². The Morgan fingerprint density at radius 3 is 1.09 bits per heavy atom. The van der Waals surface area contributed by atoms with Crippen LogP contribution in [0.3, 0.4) is 0 Å². The van der Waals surface area contributed by atoms with Gasteiger partial charge in [0.15, 0.2) is 18.3 Å². The van der Waals surface area contributed by atoms with Crippen LogP contribution in [0.15, 0.2) is 182 Å². The monoisotopic (exact) mass is 796 g/mol. The van der Waals surface area contributed by atoms with Gasteiger partial charge in [0.2, 0.25) is 0 Å². The highest BCUT2D eigenvalue weighted by Gasteiger charge is 2.44. The third-order valence-electron chi connectivity index (χ3n) is 8.63. The van der Waals surface area contributed by atoms with Crippen LogP contribution in [0.2, 0.25) is 0 Å². The van der Waals surface area contributed by atoms with Crippen molar-refractivity contribution < 1.29 is 38.1 Å². The molecule has 0 bridgehead atoms. The van der Waals surface area contributed by atoms with Gasteiger partial charge in [0.1, 0.15) is 6.61 Å². The topological polar surface area (TPSA) is 105 Å². The summed E-state index contributed by atoms with van der Waals surface area (Å²) in [4.78, 5) is 55.5. The van der Waals surface area contributed by atoms with Crippen molar-refractivity contribution in [3.8, 4) is 0 Å². The van der Waals surface area contributed by atoms with Gasteiger partial charge in [-0.15, -0.1) is 23.5 Å². The van der Waals surface area contributed by atoms with Gasteiger partial charge in [-0.25, -0.2) is 19.2 Å². The molecule has 0 amide bonds. The Balaban J connectivity index is 1.45. The summed E-state index contributed by atoms with van der Waals surface area (Å²) in [6.45, 7) is -0.530. The first kappa shape index (κ1) is 40.6. The molecule has 0 aliphatic rings. The number of benzene rings is 6. The summed E-state index contributed by atoms with van der Waals surface area (Å²) in [5, 5.41) is 0. The second-order valence-corrected chi connectivity index (χ2v) is 15.3. The number of ether oxygens (including phenoxy) is 4. The van der Waals surface area contributed by atoms with Gasteiger partial charge < -0.3 is 18.9 Å². The molecule has 0 unspecified atom stereocenters. The van der Waals surface area contributed by atoms with E-state index < -0.39 is 53.4 Å². The number of esters is 4. The molecule has 288 valence electrons. The SMILES string of the molecule is O=C(OC[C@@H](OC(=O)c1ccccc1)[C@H](OC(=O)c1ccccc1)[C@H](OC(=O)c1ccccc1)C(SCc1ccccc1)SCc1ccccc1)c1ccccc1. The number of thioether (sulfide) groups is 2. The van der Waals surface area contributed by atoms with Crippen LogP contribution >= 0.6 is 23.5 Å². The molecule has 0 spiro atoms. The van der Waals surface area contributed by atoms with Crippen LogP contribution in [0, 0.1) is 0 Å². The van der Waals surface area contributed by atoms with E-state index in [-0.39, 0.29) is 22.3 Å². The maximum absolute atomic E-state index is 14.1. The lowest BCUT2D eigenvalue weighted by molar-refractivity contribution is -0.0974. The lowest BCUT2D eigenvalue weighted by Crippen LogP contribution is -2.51. The van der Waals surface area contributed by atoms with E-state index in [9.17, 15) is 19.2 Å². The van der Waals surface area contributed by atoms with E-state index in [1.807, 2.05) is 60.7 Å². The quantitative estimate of drug-likeness (QED) is 0.0474. The molecule has 0 saturated heterocycles. The number of hydrogen-bond donors (Lipinski definition) is 0. The molecule has 6 aromatic rings. The average molecular weight is 797 g/mol. The molecule has 0 aromatic heterocycles. The number of hydrogen-bond acceptors (Lipinski definition) is 10. The molecule has 0 heterocycles. The summed E-state index contributed by atoms with van der Waals surface area (Å²) in [6, 6.07) is 53.1. The lowest BCUT2D eigenvalue weighted by Gasteiger charge is -2.36. The number of carbonyl (C=O) groups is 4. The van der Waals surface area contributed by atoms with E-state index in [1.165, 1.54) is 23.5 Å². The van der Waals surface area contributed by atoms with E-state index >= 15 is 0 Å². The Kier molecular flexibility index (Phi) is 15.1. The van der Waals surface area contributed by atoms with Gasteiger partial charge in [0.25, 0.3) is 0 Å². The van der Waals surface area contributed by atoms with Gasteiger partial charge in [0.05, 0.1) is 26.8 Å². The van der Waals surface area contributed by atoms with Gasteiger partial charge in [-0.05, 0) is 59.7 Å². The Hall–Kier alpha value is -6.10. The van der Waals surface area contributed by atoms with Crippen LogP contribution in [-0.2, 0) is 30.5 Å². The molecule has 0 fully saturated rings. The van der Waals surface area contributed by atoms with Gasteiger partial charge in [0, 0.05) is 11.5 Å². The predicted molar refractivity (Wildman–Crippen MR) is 223 cm³/mol. The van der Waals surface area contributed by atoms with Crippen molar-refractivity contribution in [2.75, 3.05) is 6.61 Å². The number of rotatable bonds is 18. The summed E-state index contributed by atoms with van der Waals surface area (Å²) >= 11 is 2.98. The Morgan fingerprint density at radius 2 is 0.702 bits per heavy atom. The fourth-order valence-electron chi connectivity index (χ4n) is 5.70. The highest BCUT2D eigenvalue weighted by atomic mass is 32.2. The zero-order chi connectivity index (χ0) is 39.7. The third kappa shape index (κ3) is 12.2. The molecule has 6 aromatic carbocycles. The van der Waals surface area contributed by atoms with E-state index in [2.05, 4.69) is 0 Å². The van der Waals surface area contributed by atoms with E-state index in [0.29, 0.717) is 11.5 Å². The van der Waals surface area contributed by atoms with Crippen LogP contribution < -0.4 is 0 Å². The summed E-state index contributed by atoms with van der Waals surface area (Å²) in [7, 11) is 0.